The summed E-state index contributed by atoms with van der Waals surface area (Å²) >= 11 is 11.6. The molecule has 0 saturated carbocycles. The molecule has 1 heterocycles. The highest BCUT2D eigenvalue weighted by molar-refractivity contribution is 6.36. The van der Waals surface area contributed by atoms with Crippen LogP contribution in [0.5, 0.6) is 0 Å². The number of benzene rings is 1. The molecule has 0 saturated heterocycles. The first kappa shape index (κ1) is 16.7. The largest absolute Gasteiger partial charge is 0.452 e. The van der Waals surface area contributed by atoms with E-state index in [0.717, 1.165) is 0 Å². The number of carbonyl (C=O) groups is 2. The Labute approximate surface area is 141 Å². The molecule has 6 nitrogen and oxygen atoms in total. The summed E-state index contributed by atoms with van der Waals surface area (Å²) in [7, 11) is 0. The number of aromatic nitrogens is 1. The van der Waals surface area contributed by atoms with Crippen molar-refractivity contribution in [3.8, 4) is 6.07 Å². The Morgan fingerprint density at radius 2 is 2.09 bits per heavy atom. The first-order valence-corrected chi connectivity index (χ1v) is 7.03. The maximum absolute atomic E-state index is 11.8. The standard InChI is InChI=1S/C15H9Cl2N3O3/c16-11-5-12(17)14(19-7-11)20-13(21)8-23-15(22)10-3-1-2-9(4-10)6-18/h1-5,7H,8H2,(H,19,20,21). The van der Waals surface area contributed by atoms with E-state index in [2.05, 4.69) is 10.3 Å². The summed E-state index contributed by atoms with van der Waals surface area (Å²) in [6.45, 7) is -0.518. The van der Waals surface area contributed by atoms with Crippen LogP contribution >= 0.6 is 23.2 Å². The molecule has 8 heteroatoms. The van der Waals surface area contributed by atoms with E-state index < -0.39 is 18.5 Å². The number of esters is 1. The normalized spacial score (nSPS) is 9.78. The number of carbonyl (C=O) groups excluding carboxylic acids is 2. The highest BCUT2D eigenvalue weighted by Gasteiger charge is 2.12. The monoisotopic (exact) mass is 349 g/mol. The molecule has 0 spiro atoms. The molecule has 2 rings (SSSR count). The van der Waals surface area contributed by atoms with Gasteiger partial charge in [0.2, 0.25) is 0 Å². The summed E-state index contributed by atoms with van der Waals surface area (Å²) in [4.78, 5) is 27.4. The van der Waals surface area contributed by atoms with Gasteiger partial charge in [0.15, 0.2) is 12.4 Å². The summed E-state index contributed by atoms with van der Waals surface area (Å²) in [5.41, 5.74) is 0.501. The molecule has 0 unspecified atom stereocenters. The third-order valence-corrected chi connectivity index (χ3v) is 3.12. The van der Waals surface area contributed by atoms with E-state index in [4.69, 9.17) is 33.2 Å². The summed E-state index contributed by atoms with van der Waals surface area (Å²) in [6.07, 6.45) is 1.32. The minimum atomic E-state index is -0.715. The lowest BCUT2D eigenvalue weighted by Crippen LogP contribution is -2.21. The average Bonchev–Trinajstić information content (AvgIpc) is 2.55. The number of rotatable bonds is 4. The smallest absolute Gasteiger partial charge is 0.338 e. The second-order valence-electron chi connectivity index (χ2n) is 4.30. The second-order valence-corrected chi connectivity index (χ2v) is 5.14. The summed E-state index contributed by atoms with van der Waals surface area (Å²) in [6, 6.07) is 9.29. The minimum Gasteiger partial charge on any atom is -0.452 e. The van der Waals surface area contributed by atoms with E-state index in [9.17, 15) is 9.59 Å². The first-order valence-electron chi connectivity index (χ1n) is 6.28. The van der Waals surface area contributed by atoms with E-state index in [0.29, 0.717) is 10.6 Å². The molecule has 0 aliphatic rings. The van der Waals surface area contributed by atoms with E-state index >= 15 is 0 Å². The Kier molecular flexibility index (Phi) is 5.52. The molecule has 23 heavy (non-hydrogen) atoms. The lowest BCUT2D eigenvalue weighted by Gasteiger charge is -2.07. The average molecular weight is 350 g/mol. The van der Waals surface area contributed by atoms with Gasteiger partial charge in [0.05, 0.1) is 27.2 Å². The Balaban J connectivity index is 1.93. The highest BCUT2D eigenvalue weighted by atomic mass is 35.5. The molecular weight excluding hydrogens is 341 g/mol. The number of hydrogen-bond acceptors (Lipinski definition) is 5. The number of hydrogen-bond donors (Lipinski definition) is 1. The predicted molar refractivity (Wildman–Crippen MR) is 84.3 cm³/mol. The van der Waals surface area contributed by atoms with Crippen molar-refractivity contribution in [1.29, 1.82) is 5.26 Å². The first-order chi connectivity index (χ1) is 11.0. The van der Waals surface area contributed by atoms with Crippen LogP contribution in [0.1, 0.15) is 15.9 Å². The molecule has 1 aromatic carbocycles. The second kappa shape index (κ2) is 7.58. The number of nitriles is 1. The third-order valence-electron chi connectivity index (χ3n) is 2.63. The number of ether oxygens (including phenoxy) is 1. The van der Waals surface area contributed by atoms with Gasteiger partial charge in [0.1, 0.15) is 0 Å². The van der Waals surface area contributed by atoms with Crippen LogP contribution in [-0.2, 0) is 9.53 Å². The van der Waals surface area contributed by atoms with Gasteiger partial charge in [-0.3, -0.25) is 4.79 Å². The lowest BCUT2D eigenvalue weighted by atomic mass is 10.1. The van der Waals surface area contributed by atoms with Crippen LogP contribution in [0.2, 0.25) is 10.0 Å². The van der Waals surface area contributed by atoms with Crippen molar-refractivity contribution < 1.29 is 14.3 Å². The van der Waals surface area contributed by atoms with Crippen LogP contribution < -0.4 is 5.32 Å². The van der Waals surface area contributed by atoms with Crippen LogP contribution in [0.4, 0.5) is 5.82 Å². The Bertz CT molecular complexity index is 803. The number of amides is 1. The van der Waals surface area contributed by atoms with Crippen LogP contribution in [0, 0.1) is 11.3 Å². The number of halogens is 2. The molecule has 0 bridgehead atoms. The molecule has 116 valence electrons. The predicted octanol–water partition coefficient (Wildman–Crippen LogP) is 3.06. The van der Waals surface area contributed by atoms with Gasteiger partial charge >= 0.3 is 5.97 Å². The molecule has 2 aromatic rings. The van der Waals surface area contributed by atoms with E-state index in [1.54, 1.807) is 12.1 Å². The van der Waals surface area contributed by atoms with E-state index in [1.165, 1.54) is 24.4 Å². The topological polar surface area (TPSA) is 92.1 Å². The molecule has 1 aromatic heterocycles. The van der Waals surface area contributed by atoms with Crippen molar-refractivity contribution in [1.82, 2.24) is 4.98 Å². The molecule has 1 N–H and O–H groups in total. The van der Waals surface area contributed by atoms with E-state index in [-0.39, 0.29) is 16.4 Å². The zero-order valence-electron chi connectivity index (χ0n) is 11.5. The maximum Gasteiger partial charge on any atom is 0.338 e. The fourth-order valence-electron chi connectivity index (χ4n) is 1.60. The fourth-order valence-corrected chi connectivity index (χ4v) is 2.03. The van der Waals surface area contributed by atoms with Gasteiger partial charge in [-0.2, -0.15) is 5.26 Å². The highest BCUT2D eigenvalue weighted by Crippen LogP contribution is 2.22. The molecule has 0 radical (unpaired) electrons. The van der Waals surface area contributed by atoms with E-state index in [1.807, 2.05) is 6.07 Å². The quantitative estimate of drug-likeness (QED) is 0.856. The maximum atomic E-state index is 11.8. The molecule has 0 atom stereocenters. The molecule has 0 aliphatic heterocycles. The molecule has 1 amide bonds. The zero-order chi connectivity index (χ0) is 16.8. The van der Waals surface area contributed by atoms with Gasteiger partial charge in [0.25, 0.3) is 5.91 Å². The number of pyridine rings is 1. The van der Waals surface area contributed by atoms with Gasteiger partial charge in [-0.15, -0.1) is 0 Å². The van der Waals surface area contributed by atoms with Crippen molar-refractivity contribution in [3.05, 3.63) is 57.7 Å². The molecular formula is C15H9Cl2N3O3. The van der Waals surface area contributed by atoms with Gasteiger partial charge in [0, 0.05) is 6.20 Å². The number of nitrogens with zero attached hydrogens (tertiary/aromatic N) is 2. The fraction of sp³-hybridized carbons (Fsp3) is 0.0667. The van der Waals surface area contributed by atoms with Crippen molar-refractivity contribution in [2.75, 3.05) is 11.9 Å². The third kappa shape index (κ3) is 4.68. The van der Waals surface area contributed by atoms with Gasteiger partial charge in [-0.05, 0) is 24.3 Å². The SMILES string of the molecule is N#Cc1cccc(C(=O)OCC(=O)Nc2ncc(Cl)cc2Cl)c1. The van der Waals surface area contributed by atoms with Crippen molar-refractivity contribution >= 4 is 40.9 Å². The van der Waals surface area contributed by atoms with Gasteiger partial charge in [-0.25, -0.2) is 9.78 Å². The summed E-state index contributed by atoms with van der Waals surface area (Å²) in [5, 5.41) is 11.7. The van der Waals surface area contributed by atoms with Crippen LogP contribution in [0.15, 0.2) is 36.5 Å². The van der Waals surface area contributed by atoms with Gasteiger partial charge < -0.3 is 10.1 Å². The molecule has 0 aliphatic carbocycles. The van der Waals surface area contributed by atoms with Crippen molar-refractivity contribution in [3.63, 3.8) is 0 Å². The van der Waals surface area contributed by atoms with Crippen molar-refractivity contribution in [2.45, 2.75) is 0 Å². The van der Waals surface area contributed by atoms with Crippen molar-refractivity contribution in [2.24, 2.45) is 0 Å². The number of nitrogens with one attached hydrogen (secondary N) is 1. The van der Waals surface area contributed by atoms with Crippen LogP contribution in [0.25, 0.3) is 0 Å². The Morgan fingerprint density at radius 3 is 2.78 bits per heavy atom. The summed E-state index contributed by atoms with van der Waals surface area (Å²) < 4.78 is 4.87. The Morgan fingerprint density at radius 1 is 1.30 bits per heavy atom. The molecule has 0 fully saturated rings. The Hall–Kier alpha value is -2.62. The van der Waals surface area contributed by atoms with Crippen LogP contribution in [-0.4, -0.2) is 23.5 Å². The minimum absolute atomic E-state index is 0.114. The van der Waals surface area contributed by atoms with Gasteiger partial charge in [-0.1, -0.05) is 29.3 Å². The summed E-state index contributed by atoms with van der Waals surface area (Å²) in [5.74, 6) is -1.21. The zero-order valence-corrected chi connectivity index (χ0v) is 13.1. The van der Waals surface area contributed by atoms with Crippen LogP contribution in [0.3, 0.4) is 0 Å². The lowest BCUT2D eigenvalue weighted by molar-refractivity contribution is -0.119. The number of anilines is 1.